The molecule has 0 aliphatic rings. The van der Waals surface area contributed by atoms with E-state index in [1.165, 1.54) is 6.20 Å². The second kappa shape index (κ2) is 8.64. The molecule has 8 heteroatoms. The molecule has 2 heterocycles. The van der Waals surface area contributed by atoms with Gasteiger partial charge in [0.2, 0.25) is 0 Å². The number of carbonyl (C=O) groups is 1. The van der Waals surface area contributed by atoms with E-state index >= 15 is 0 Å². The van der Waals surface area contributed by atoms with Crippen molar-refractivity contribution >= 4 is 17.5 Å². The van der Waals surface area contributed by atoms with Gasteiger partial charge < -0.3 is 14.6 Å². The van der Waals surface area contributed by atoms with Crippen molar-refractivity contribution < 1.29 is 14.1 Å². The summed E-state index contributed by atoms with van der Waals surface area (Å²) in [6.45, 7) is 4.10. The molecule has 27 heavy (non-hydrogen) atoms. The summed E-state index contributed by atoms with van der Waals surface area (Å²) < 4.78 is 11.0. The fourth-order valence-electron chi connectivity index (χ4n) is 2.33. The van der Waals surface area contributed by atoms with E-state index < -0.39 is 6.10 Å². The number of hydrogen-bond donors (Lipinski definition) is 1. The van der Waals surface area contributed by atoms with Crippen LogP contribution in [0.2, 0.25) is 5.15 Å². The molecule has 1 aromatic carbocycles. The van der Waals surface area contributed by atoms with Crippen LogP contribution < -0.4 is 10.1 Å². The van der Waals surface area contributed by atoms with E-state index in [0.717, 1.165) is 0 Å². The molecule has 0 saturated heterocycles. The van der Waals surface area contributed by atoms with Crippen molar-refractivity contribution in [1.29, 1.82) is 0 Å². The fraction of sp³-hybridized carbons (Fsp3) is 0.263. The molecule has 1 amide bonds. The van der Waals surface area contributed by atoms with Crippen LogP contribution in [0.5, 0.6) is 5.75 Å². The van der Waals surface area contributed by atoms with Crippen molar-refractivity contribution in [3.8, 4) is 5.75 Å². The summed E-state index contributed by atoms with van der Waals surface area (Å²) in [7, 11) is 0. The van der Waals surface area contributed by atoms with Gasteiger partial charge in [0.15, 0.2) is 11.9 Å². The minimum Gasteiger partial charge on any atom is -0.479 e. The molecular weight excluding hydrogens is 368 g/mol. The Morgan fingerprint density at radius 3 is 2.70 bits per heavy atom. The van der Waals surface area contributed by atoms with Crippen LogP contribution in [-0.2, 0) is 0 Å². The lowest BCUT2D eigenvalue weighted by molar-refractivity contribution is 0.0951. The number of ether oxygens (including phenoxy) is 1. The zero-order valence-corrected chi connectivity index (χ0v) is 15.7. The largest absolute Gasteiger partial charge is 0.479 e. The van der Waals surface area contributed by atoms with Crippen LogP contribution in [0, 0.1) is 0 Å². The summed E-state index contributed by atoms with van der Waals surface area (Å²) in [4.78, 5) is 20.4. The van der Waals surface area contributed by atoms with Gasteiger partial charge in [-0.3, -0.25) is 4.79 Å². The minimum absolute atomic E-state index is 0.112. The van der Waals surface area contributed by atoms with E-state index in [4.69, 9.17) is 20.9 Å². The number of carbonyl (C=O) groups excluding carboxylic acids is 1. The quantitative estimate of drug-likeness (QED) is 0.621. The smallest absolute Gasteiger partial charge is 0.267 e. The zero-order valence-electron chi connectivity index (χ0n) is 14.9. The summed E-state index contributed by atoms with van der Waals surface area (Å²) in [6, 6.07) is 12.4. The van der Waals surface area contributed by atoms with Crippen LogP contribution in [0.3, 0.4) is 0 Å². The Labute approximate surface area is 161 Å². The summed E-state index contributed by atoms with van der Waals surface area (Å²) in [5.41, 5.74) is 0.608. The number of halogens is 1. The van der Waals surface area contributed by atoms with Crippen molar-refractivity contribution in [1.82, 2.24) is 20.4 Å². The van der Waals surface area contributed by atoms with Crippen LogP contribution in [0.15, 0.2) is 53.2 Å². The monoisotopic (exact) mass is 386 g/mol. The Kier molecular flexibility index (Phi) is 6.03. The normalized spacial score (nSPS) is 13.0. The lowest BCUT2D eigenvalue weighted by atomic mass is 10.1. The standard InChI is InChI=1S/C19H19ClN4O3/c1-12(10-22-18(25)14-6-4-3-5-7-14)17-23-19(27-24-17)13(2)26-15-8-9-16(20)21-11-15/h3-9,11-13H,10H2,1-2H3,(H,22,25)/t12?,13-/m0/s1. The maximum absolute atomic E-state index is 12.1. The van der Waals surface area contributed by atoms with Crippen LogP contribution >= 0.6 is 11.6 Å². The Morgan fingerprint density at radius 1 is 1.22 bits per heavy atom. The maximum atomic E-state index is 12.1. The predicted molar refractivity (Wildman–Crippen MR) is 99.8 cm³/mol. The molecule has 0 spiro atoms. The second-order valence-corrected chi connectivity index (χ2v) is 6.43. The second-order valence-electron chi connectivity index (χ2n) is 6.04. The van der Waals surface area contributed by atoms with Gasteiger partial charge in [0.05, 0.1) is 6.20 Å². The number of nitrogens with zero attached hydrogens (tertiary/aromatic N) is 3. The molecule has 3 aromatic rings. The van der Waals surface area contributed by atoms with E-state index in [1.54, 1.807) is 31.2 Å². The summed E-state index contributed by atoms with van der Waals surface area (Å²) in [5.74, 6) is 1.15. The molecule has 0 aliphatic carbocycles. The molecule has 0 fully saturated rings. The van der Waals surface area contributed by atoms with E-state index in [0.29, 0.717) is 34.7 Å². The van der Waals surface area contributed by atoms with Gasteiger partial charge in [0.25, 0.3) is 11.8 Å². The van der Waals surface area contributed by atoms with Gasteiger partial charge in [-0.2, -0.15) is 4.98 Å². The van der Waals surface area contributed by atoms with Gasteiger partial charge in [-0.1, -0.05) is 41.9 Å². The van der Waals surface area contributed by atoms with E-state index in [1.807, 2.05) is 25.1 Å². The summed E-state index contributed by atoms with van der Waals surface area (Å²) in [6.07, 6.45) is 1.08. The SMILES string of the molecule is CC(CNC(=O)c1ccccc1)c1noc([C@H](C)Oc2ccc(Cl)nc2)n1. The minimum atomic E-state index is -0.444. The highest BCUT2D eigenvalue weighted by atomic mass is 35.5. The van der Waals surface area contributed by atoms with Crippen LogP contribution in [0.25, 0.3) is 0 Å². The van der Waals surface area contributed by atoms with Gasteiger partial charge in [-0.15, -0.1) is 0 Å². The van der Waals surface area contributed by atoms with Gasteiger partial charge in [0.1, 0.15) is 10.9 Å². The Balaban J connectivity index is 1.56. The number of amides is 1. The number of rotatable bonds is 7. The van der Waals surface area contributed by atoms with Gasteiger partial charge in [-0.25, -0.2) is 4.98 Å². The molecule has 7 nitrogen and oxygen atoms in total. The molecular formula is C19H19ClN4O3. The number of aromatic nitrogens is 3. The third kappa shape index (κ3) is 5.04. The number of hydrogen-bond acceptors (Lipinski definition) is 6. The molecule has 2 aromatic heterocycles. The third-order valence-corrected chi connectivity index (χ3v) is 4.09. The van der Waals surface area contributed by atoms with Gasteiger partial charge in [0, 0.05) is 18.0 Å². The fourth-order valence-corrected chi connectivity index (χ4v) is 2.44. The molecule has 140 valence electrons. The van der Waals surface area contributed by atoms with Crippen molar-refractivity contribution in [3.05, 3.63) is 71.1 Å². The topological polar surface area (TPSA) is 90.1 Å². The average molecular weight is 387 g/mol. The zero-order chi connectivity index (χ0) is 19.2. The van der Waals surface area contributed by atoms with Crippen molar-refractivity contribution in [2.75, 3.05) is 6.54 Å². The van der Waals surface area contributed by atoms with Crippen molar-refractivity contribution in [2.45, 2.75) is 25.9 Å². The Morgan fingerprint density at radius 2 is 2.00 bits per heavy atom. The molecule has 0 saturated carbocycles. The third-order valence-electron chi connectivity index (χ3n) is 3.86. The van der Waals surface area contributed by atoms with Crippen LogP contribution in [0.4, 0.5) is 0 Å². The molecule has 1 unspecified atom stereocenters. The van der Waals surface area contributed by atoms with Gasteiger partial charge in [-0.05, 0) is 31.2 Å². The maximum Gasteiger partial charge on any atom is 0.267 e. The predicted octanol–water partition coefficient (Wildman–Crippen LogP) is 3.79. The number of pyridine rings is 1. The first-order valence-corrected chi connectivity index (χ1v) is 8.85. The first-order chi connectivity index (χ1) is 13.0. The van der Waals surface area contributed by atoms with Crippen LogP contribution in [0.1, 0.15) is 47.9 Å². The molecule has 0 radical (unpaired) electrons. The van der Waals surface area contributed by atoms with E-state index in [-0.39, 0.29) is 11.8 Å². The van der Waals surface area contributed by atoms with Crippen molar-refractivity contribution in [2.24, 2.45) is 0 Å². The van der Waals surface area contributed by atoms with E-state index in [9.17, 15) is 4.79 Å². The summed E-state index contributed by atoms with van der Waals surface area (Å²) in [5, 5.41) is 7.25. The molecule has 0 bridgehead atoms. The first-order valence-electron chi connectivity index (χ1n) is 8.48. The average Bonchev–Trinajstić information content (AvgIpc) is 3.19. The highest BCUT2D eigenvalue weighted by Gasteiger charge is 2.20. The van der Waals surface area contributed by atoms with E-state index in [2.05, 4.69) is 20.4 Å². The number of nitrogens with one attached hydrogen (secondary N) is 1. The highest BCUT2D eigenvalue weighted by Crippen LogP contribution is 2.22. The highest BCUT2D eigenvalue weighted by molar-refractivity contribution is 6.29. The van der Waals surface area contributed by atoms with Crippen LogP contribution in [-0.4, -0.2) is 27.6 Å². The molecule has 1 N–H and O–H groups in total. The molecule has 3 rings (SSSR count). The molecule has 0 aliphatic heterocycles. The summed E-state index contributed by atoms with van der Waals surface area (Å²) >= 11 is 5.76. The van der Waals surface area contributed by atoms with Gasteiger partial charge >= 0.3 is 0 Å². The van der Waals surface area contributed by atoms with Crippen molar-refractivity contribution in [3.63, 3.8) is 0 Å². The lowest BCUT2D eigenvalue weighted by Gasteiger charge is -2.10. The number of benzene rings is 1. The Hall–Kier alpha value is -2.93. The Bertz CT molecular complexity index is 883. The lowest BCUT2D eigenvalue weighted by Crippen LogP contribution is -2.27. The first kappa shape index (κ1) is 18.8. The molecule has 2 atom stereocenters.